The predicted molar refractivity (Wildman–Crippen MR) is 84.4 cm³/mol. The molecule has 116 valence electrons. The van der Waals surface area contributed by atoms with Crippen molar-refractivity contribution in [3.63, 3.8) is 0 Å². The summed E-state index contributed by atoms with van der Waals surface area (Å²) in [6.45, 7) is 8.91. The standard InChI is InChI=1S/C17H26N2O2/c1-12(19-15(20)17(18)9-10-17)11-21-14-7-5-13(6-8-14)16(2,3)4/h5-8,12H,9-11,18H2,1-4H3,(H,19,20). The molecule has 1 unspecified atom stereocenters. The molecule has 4 nitrogen and oxygen atoms in total. The maximum absolute atomic E-state index is 11.8. The van der Waals surface area contributed by atoms with Crippen LogP contribution in [0.5, 0.6) is 5.75 Å². The van der Waals surface area contributed by atoms with Gasteiger partial charge in [0.2, 0.25) is 5.91 Å². The number of carbonyl (C=O) groups is 1. The lowest BCUT2D eigenvalue weighted by molar-refractivity contribution is -0.124. The van der Waals surface area contributed by atoms with E-state index in [4.69, 9.17) is 10.5 Å². The smallest absolute Gasteiger partial charge is 0.240 e. The summed E-state index contributed by atoms with van der Waals surface area (Å²) in [5.41, 5.74) is 6.64. The maximum atomic E-state index is 11.8. The van der Waals surface area contributed by atoms with Gasteiger partial charge >= 0.3 is 0 Å². The van der Waals surface area contributed by atoms with Crippen LogP contribution >= 0.6 is 0 Å². The summed E-state index contributed by atoms with van der Waals surface area (Å²) in [4.78, 5) is 11.8. The van der Waals surface area contributed by atoms with Crippen molar-refractivity contribution in [1.82, 2.24) is 5.32 Å². The van der Waals surface area contributed by atoms with Crippen LogP contribution in [-0.2, 0) is 10.2 Å². The molecule has 3 N–H and O–H groups in total. The molecule has 0 aliphatic heterocycles. The van der Waals surface area contributed by atoms with E-state index in [0.29, 0.717) is 6.61 Å². The lowest BCUT2D eigenvalue weighted by atomic mass is 9.87. The summed E-state index contributed by atoms with van der Waals surface area (Å²) in [6.07, 6.45) is 1.56. The van der Waals surface area contributed by atoms with Crippen molar-refractivity contribution in [2.75, 3.05) is 6.61 Å². The molecule has 1 atom stereocenters. The molecule has 1 aliphatic rings. The number of hydrogen-bond acceptors (Lipinski definition) is 3. The van der Waals surface area contributed by atoms with E-state index in [9.17, 15) is 4.79 Å². The Labute approximate surface area is 127 Å². The second-order valence-electron chi connectivity index (χ2n) is 7.12. The lowest BCUT2D eigenvalue weighted by Crippen LogP contribution is -2.47. The van der Waals surface area contributed by atoms with Gasteiger partial charge in [0, 0.05) is 0 Å². The van der Waals surface area contributed by atoms with Crippen LogP contribution in [0.3, 0.4) is 0 Å². The first-order valence-corrected chi connectivity index (χ1v) is 7.54. The molecular weight excluding hydrogens is 264 g/mol. The monoisotopic (exact) mass is 290 g/mol. The number of nitrogens with two attached hydrogens (primary N) is 1. The largest absolute Gasteiger partial charge is 0.491 e. The third-order valence-electron chi connectivity index (χ3n) is 3.84. The quantitative estimate of drug-likeness (QED) is 0.875. The molecule has 1 aromatic carbocycles. The fourth-order valence-electron chi connectivity index (χ4n) is 2.04. The van der Waals surface area contributed by atoms with Crippen molar-refractivity contribution >= 4 is 5.91 Å². The summed E-state index contributed by atoms with van der Waals surface area (Å²) in [6, 6.07) is 8.05. The van der Waals surface area contributed by atoms with E-state index in [2.05, 4.69) is 38.2 Å². The molecular formula is C17H26N2O2. The van der Waals surface area contributed by atoms with E-state index in [1.165, 1.54) is 5.56 Å². The Balaban J connectivity index is 1.81. The molecule has 0 radical (unpaired) electrons. The van der Waals surface area contributed by atoms with Crippen molar-refractivity contribution in [2.24, 2.45) is 5.73 Å². The average Bonchev–Trinajstić information content (AvgIpc) is 3.15. The lowest BCUT2D eigenvalue weighted by Gasteiger charge is -2.20. The maximum Gasteiger partial charge on any atom is 0.240 e. The number of carbonyl (C=O) groups excluding carboxylic acids is 1. The first-order valence-electron chi connectivity index (χ1n) is 7.54. The highest BCUT2D eigenvalue weighted by molar-refractivity contribution is 5.89. The minimum Gasteiger partial charge on any atom is -0.491 e. The van der Waals surface area contributed by atoms with Crippen LogP contribution in [-0.4, -0.2) is 24.1 Å². The van der Waals surface area contributed by atoms with Gasteiger partial charge in [0.25, 0.3) is 0 Å². The second-order valence-corrected chi connectivity index (χ2v) is 7.12. The number of hydrogen-bond donors (Lipinski definition) is 2. The molecule has 1 aliphatic carbocycles. The van der Waals surface area contributed by atoms with Gasteiger partial charge in [-0.2, -0.15) is 0 Å². The summed E-state index contributed by atoms with van der Waals surface area (Å²) in [5.74, 6) is 0.750. The Hall–Kier alpha value is -1.55. The molecule has 0 aromatic heterocycles. The molecule has 1 amide bonds. The van der Waals surface area contributed by atoms with Crippen LogP contribution in [0.4, 0.5) is 0 Å². The van der Waals surface area contributed by atoms with E-state index in [1.54, 1.807) is 0 Å². The number of benzene rings is 1. The Morgan fingerprint density at radius 1 is 1.33 bits per heavy atom. The first-order chi connectivity index (χ1) is 9.71. The Kier molecular flexibility index (Phi) is 4.28. The number of nitrogens with one attached hydrogen (secondary N) is 1. The minimum absolute atomic E-state index is 0.0548. The van der Waals surface area contributed by atoms with E-state index in [-0.39, 0.29) is 17.4 Å². The fourth-order valence-corrected chi connectivity index (χ4v) is 2.04. The molecule has 0 saturated heterocycles. The molecule has 21 heavy (non-hydrogen) atoms. The molecule has 2 rings (SSSR count). The van der Waals surface area contributed by atoms with Gasteiger partial charge in [0.1, 0.15) is 12.4 Å². The SMILES string of the molecule is CC(COc1ccc(C(C)(C)C)cc1)NC(=O)C1(N)CC1. The molecule has 0 heterocycles. The number of ether oxygens (including phenoxy) is 1. The van der Waals surface area contributed by atoms with E-state index in [0.717, 1.165) is 18.6 Å². The Morgan fingerprint density at radius 2 is 1.90 bits per heavy atom. The topological polar surface area (TPSA) is 64.3 Å². The highest BCUT2D eigenvalue weighted by Gasteiger charge is 2.46. The highest BCUT2D eigenvalue weighted by Crippen LogP contribution is 2.32. The van der Waals surface area contributed by atoms with Gasteiger partial charge in [-0.1, -0.05) is 32.9 Å². The molecule has 1 aromatic rings. The number of rotatable bonds is 5. The Bertz CT molecular complexity index is 499. The van der Waals surface area contributed by atoms with Crippen molar-refractivity contribution < 1.29 is 9.53 Å². The van der Waals surface area contributed by atoms with E-state index in [1.807, 2.05) is 19.1 Å². The second kappa shape index (κ2) is 5.68. The van der Waals surface area contributed by atoms with Crippen molar-refractivity contribution in [1.29, 1.82) is 0 Å². The third-order valence-corrected chi connectivity index (χ3v) is 3.84. The van der Waals surface area contributed by atoms with Crippen LogP contribution in [0.25, 0.3) is 0 Å². The van der Waals surface area contributed by atoms with E-state index >= 15 is 0 Å². The first kappa shape index (κ1) is 15.8. The highest BCUT2D eigenvalue weighted by atomic mass is 16.5. The van der Waals surface area contributed by atoms with E-state index < -0.39 is 5.54 Å². The van der Waals surface area contributed by atoms with Crippen LogP contribution in [0, 0.1) is 0 Å². The van der Waals surface area contributed by atoms with Gasteiger partial charge in [-0.05, 0) is 42.9 Å². The van der Waals surface area contributed by atoms with Gasteiger partial charge in [0.05, 0.1) is 11.6 Å². The molecule has 0 spiro atoms. The zero-order valence-electron chi connectivity index (χ0n) is 13.4. The summed E-state index contributed by atoms with van der Waals surface area (Å²) < 4.78 is 5.71. The average molecular weight is 290 g/mol. The zero-order valence-corrected chi connectivity index (χ0v) is 13.4. The fraction of sp³-hybridized carbons (Fsp3) is 0.588. The van der Waals surface area contributed by atoms with Crippen molar-refractivity contribution in [2.45, 2.75) is 57.5 Å². The molecule has 4 heteroatoms. The molecule has 1 saturated carbocycles. The van der Waals surface area contributed by atoms with Crippen molar-refractivity contribution in [3.05, 3.63) is 29.8 Å². The van der Waals surface area contributed by atoms with Gasteiger partial charge < -0.3 is 15.8 Å². The van der Waals surface area contributed by atoms with Crippen LogP contribution in [0.15, 0.2) is 24.3 Å². The van der Waals surface area contributed by atoms with Crippen LogP contribution in [0.2, 0.25) is 0 Å². The van der Waals surface area contributed by atoms with Gasteiger partial charge in [0.15, 0.2) is 0 Å². The van der Waals surface area contributed by atoms with Crippen LogP contribution < -0.4 is 15.8 Å². The normalized spacial score (nSPS) is 18.0. The molecule has 1 fully saturated rings. The van der Waals surface area contributed by atoms with Crippen LogP contribution in [0.1, 0.15) is 46.1 Å². The third kappa shape index (κ3) is 4.21. The Morgan fingerprint density at radius 3 is 2.38 bits per heavy atom. The molecule has 0 bridgehead atoms. The van der Waals surface area contributed by atoms with Gasteiger partial charge in [-0.25, -0.2) is 0 Å². The van der Waals surface area contributed by atoms with Gasteiger partial charge in [-0.15, -0.1) is 0 Å². The van der Waals surface area contributed by atoms with Crippen molar-refractivity contribution in [3.8, 4) is 5.75 Å². The zero-order chi connectivity index (χ0) is 15.7. The summed E-state index contributed by atoms with van der Waals surface area (Å²) in [7, 11) is 0. The van der Waals surface area contributed by atoms with Gasteiger partial charge in [-0.3, -0.25) is 4.79 Å². The predicted octanol–water partition coefficient (Wildman–Crippen LogP) is 2.36. The summed E-state index contributed by atoms with van der Waals surface area (Å²) >= 11 is 0. The number of amides is 1. The minimum atomic E-state index is -0.622. The summed E-state index contributed by atoms with van der Waals surface area (Å²) in [5, 5.41) is 2.90.